The first-order valence-corrected chi connectivity index (χ1v) is 8.14. The second-order valence-corrected chi connectivity index (χ2v) is 6.58. The molecule has 19 heavy (non-hydrogen) atoms. The molecule has 0 amide bonds. The summed E-state index contributed by atoms with van der Waals surface area (Å²) >= 11 is 2.03. The molecule has 1 aromatic carbocycles. The van der Waals surface area contributed by atoms with Crippen molar-refractivity contribution in [1.29, 1.82) is 0 Å². The zero-order valence-electron chi connectivity index (χ0n) is 11.1. The lowest BCUT2D eigenvalue weighted by atomic mass is 10.1. The number of fused-ring (bicyclic) bond motifs is 1. The SMILES string of the molecule is NC(CSC1CCCC1)c1ccc2c(c1)OCCO2. The summed E-state index contributed by atoms with van der Waals surface area (Å²) in [5, 5.41) is 0.822. The van der Waals surface area contributed by atoms with Gasteiger partial charge in [-0.15, -0.1) is 0 Å². The Morgan fingerprint density at radius 2 is 1.89 bits per heavy atom. The maximum Gasteiger partial charge on any atom is 0.161 e. The molecular formula is C15H21NO2S. The summed E-state index contributed by atoms with van der Waals surface area (Å²) in [6, 6.07) is 6.16. The summed E-state index contributed by atoms with van der Waals surface area (Å²) in [4.78, 5) is 0. The Labute approximate surface area is 118 Å². The maximum atomic E-state index is 6.29. The average Bonchev–Trinajstić information content (AvgIpc) is 2.97. The summed E-state index contributed by atoms with van der Waals surface area (Å²) in [5.41, 5.74) is 7.44. The summed E-state index contributed by atoms with van der Waals surface area (Å²) in [7, 11) is 0. The van der Waals surface area contributed by atoms with Gasteiger partial charge in [0.25, 0.3) is 0 Å². The Morgan fingerprint density at radius 1 is 1.16 bits per heavy atom. The van der Waals surface area contributed by atoms with Crippen LogP contribution in [0.3, 0.4) is 0 Å². The van der Waals surface area contributed by atoms with Crippen LogP contribution in [0, 0.1) is 0 Å². The quantitative estimate of drug-likeness (QED) is 0.919. The van der Waals surface area contributed by atoms with Crippen LogP contribution in [-0.4, -0.2) is 24.2 Å². The summed E-state index contributed by atoms with van der Waals surface area (Å²) in [6.07, 6.45) is 5.49. The molecule has 3 rings (SSSR count). The summed E-state index contributed by atoms with van der Waals surface area (Å²) in [5.74, 6) is 2.67. The molecule has 0 bridgehead atoms. The molecule has 1 atom stereocenters. The molecule has 1 aliphatic heterocycles. The van der Waals surface area contributed by atoms with E-state index in [0.717, 1.165) is 28.1 Å². The van der Waals surface area contributed by atoms with Crippen molar-refractivity contribution in [2.75, 3.05) is 19.0 Å². The van der Waals surface area contributed by atoms with Gasteiger partial charge in [0.1, 0.15) is 13.2 Å². The van der Waals surface area contributed by atoms with Gasteiger partial charge in [-0.25, -0.2) is 0 Å². The minimum atomic E-state index is 0.0847. The molecule has 1 aromatic rings. The second-order valence-electron chi connectivity index (χ2n) is 5.25. The lowest BCUT2D eigenvalue weighted by molar-refractivity contribution is 0.171. The van der Waals surface area contributed by atoms with Crippen molar-refractivity contribution < 1.29 is 9.47 Å². The molecule has 2 aliphatic rings. The molecule has 1 heterocycles. The minimum absolute atomic E-state index is 0.0847. The fourth-order valence-electron chi connectivity index (χ4n) is 2.68. The molecule has 1 aliphatic carbocycles. The van der Waals surface area contributed by atoms with Gasteiger partial charge in [-0.1, -0.05) is 18.9 Å². The van der Waals surface area contributed by atoms with E-state index in [0.29, 0.717) is 13.2 Å². The Balaban J connectivity index is 1.60. The van der Waals surface area contributed by atoms with E-state index in [4.69, 9.17) is 15.2 Å². The van der Waals surface area contributed by atoms with E-state index < -0.39 is 0 Å². The molecule has 0 radical (unpaired) electrons. The Kier molecular flexibility index (Phi) is 4.18. The Bertz CT molecular complexity index is 432. The van der Waals surface area contributed by atoms with Crippen LogP contribution in [0.2, 0.25) is 0 Å². The Morgan fingerprint density at radius 3 is 2.68 bits per heavy atom. The van der Waals surface area contributed by atoms with Gasteiger partial charge in [-0.3, -0.25) is 0 Å². The molecular weight excluding hydrogens is 258 g/mol. The van der Waals surface area contributed by atoms with Crippen molar-refractivity contribution in [2.45, 2.75) is 37.0 Å². The summed E-state index contributed by atoms with van der Waals surface area (Å²) < 4.78 is 11.1. The Hall–Kier alpha value is -0.870. The number of benzene rings is 1. The van der Waals surface area contributed by atoms with Crippen LogP contribution in [0.15, 0.2) is 18.2 Å². The van der Waals surface area contributed by atoms with Gasteiger partial charge in [0, 0.05) is 17.0 Å². The zero-order chi connectivity index (χ0) is 13.1. The highest BCUT2D eigenvalue weighted by Gasteiger charge is 2.18. The molecule has 0 spiro atoms. The number of hydrogen-bond acceptors (Lipinski definition) is 4. The zero-order valence-corrected chi connectivity index (χ0v) is 12.0. The van der Waals surface area contributed by atoms with Crippen LogP contribution in [0.1, 0.15) is 37.3 Å². The first-order chi connectivity index (χ1) is 9.33. The molecule has 3 nitrogen and oxygen atoms in total. The first kappa shape index (κ1) is 13.1. The average molecular weight is 279 g/mol. The molecule has 4 heteroatoms. The van der Waals surface area contributed by atoms with Crippen molar-refractivity contribution in [3.05, 3.63) is 23.8 Å². The van der Waals surface area contributed by atoms with Gasteiger partial charge in [0.05, 0.1) is 0 Å². The third-order valence-electron chi connectivity index (χ3n) is 3.81. The van der Waals surface area contributed by atoms with Crippen molar-refractivity contribution in [2.24, 2.45) is 5.73 Å². The van der Waals surface area contributed by atoms with Crippen molar-refractivity contribution in [1.82, 2.24) is 0 Å². The van der Waals surface area contributed by atoms with E-state index in [1.807, 2.05) is 23.9 Å². The van der Waals surface area contributed by atoms with Crippen molar-refractivity contribution >= 4 is 11.8 Å². The highest BCUT2D eigenvalue weighted by atomic mass is 32.2. The molecule has 1 saturated carbocycles. The molecule has 0 saturated heterocycles. The highest BCUT2D eigenvalue weighted by Crippen LogP contribution is 2.35. The minimum Gasteiger partial charge on any atom is -0.486 e. The van der Waals surface area contributed by atoms with Crippen LogP contribution < -0.4 is 15.2 Å². The van der Waals surface area contributed by atoms with E-state index >= 15 is 0 Å². The number of thioether (sulfide) groups is 1. The fourth-order valence-corrected chi connectivity index (χ4v) is 4.02. The van der Waals surface area contributed by atoms with Gasteiger partial charge in [-0.05, 0) is 30.5 Å². The number of hydrogen-bond donors (Lipinski definition) is 1. The standard InChI is InChI=1S/C15H21NO2S/c16-13(10-19-12-3-1-2-4-12)11-5-6-14-15(9-11)18-8-7-17-14/h5-6,9,12-13H,1-4,7-8,10,16H2. The lowest BCUT2D eigenvalue weighted by Crippen LogP contribution is -2.18. The highest BCUT2D eigenvalue weighted by molar-refractivity contribution is 7.99. The molecule has 0 aromatic heterocycles. The number of rotatable bonds is 4. The third kappa shape index (κ3) is 3.18. The summed E-state index contributed by atoms with van der Waals surface area (Å²) in [6.45, 7) is 1.26. The van der Waals surface area contributed by atoms with E-state index in [9.17, 15) is 0 Å². The largest absolute Gasteiger partial charge is 0.486 e. The first-order valence-electron chi connectivity index (χ1n) is 7.09. The van der Waals surface area contributed by atoms with E-state index in [2.05, 4.69) is 6.07 Å². The number of ether oxygens (including phenoxy) is 2. The molecule has 1 unspecified atom stereocenters. The van der Waals surface area contributed by atoms with Crippen molar-refractivity contribution in [3.8, 4) is 11.5 Å². The molecule has 1 fully saturated rings. The van der Waals surface area contributed by atoms with Gasteiger partial charge < -0.3 is 15.2 Å². The van der Waals surface area contributed by atoms with Crippen LogP contribution in [0.5, 0.6) is 11.5 Å². The van der Waals surface area contributed by atoms with Gasteiger partial charge in [0.2, 0.25) is 0 Å². The van der Waals surface area contributed by atoms with Gasteiger partial charge in [-0.2, -0.15) is 11.8 Å². The van der Waals surface area contributed by atoms with Crippen molar-refractivity contribution in [3.63, 3.8) is 0 Å². The van der Waals surface area contributed by atoms with Crippen LogP contribution in [0.4, 0.5) is 0 Å². The van der Waals surface area contributed by atoms with Crippen LogP contribution in [-0.2, 0) is 0 Å². The lowest BCUT2D eigenvalue weighted by Gasteiger charge is -2.21. The van der Waals surface area contributed by atoms with Crippen LogP contribution >= 0.6 is 11.8 Å². The van der Waals surface area contributed by atoms with E-state index in [-0.39, 0.29) is 6.04 Å². The van der Waals surface area contributed by atoms with Crippen LogP contribution in [0.25, 0.3) is 0 Å². The smallest absolute Gasteiger partial charge is 0.161 e. The predicted octanol–water partition coefficient (Wildman–Crippen LogP) is 3.13. The second kappa shape index (κ2) is 6.06. The maximum absolute atomic E-state index is 6.29. The number of nitrogens with two attached hydrogens (primary N) is 1. The van der Waals surface area contributed by atoms with Gasteiger partial charge >= 0.3 is 0 Å². The normalized spacial score (nSPS) is 20.5. The molecule has 104 valence electrons. The predicted molar refractivity (Wildman–Crippen MR) is 79.1 cm³/mol. The van der Waals surface area contributed by atoms with E-state index in [1.54, 1.807) is 0 Å². The van der Waals surface area contributed by atoms with E-state index in [1.165, 1.54) is 25.7 Å². The molecule has 2 N–H and O–H groups in total. The third-order valence-corrected chi connectivity index (χ3v) is 5.30. The topological polar surface area (TPSA) is 44.5 Å². The fraction of sp³-hybridized carbons (Fsp3) is 0.600. The van der Waals surface area contributed by atoms with Gasteiger partial charge in [0.15, 0.2) is 11.5 Å². The monoisotopic (exact) mass is 279 g/mol.